The largest absolute Gasteiger partial charge is 0.494 e. The molecular weight excluding hydrogens is 489 g/mol. The molecule has 0 unspecified atom stereocenters. The first kappa shape index (κ1) is 27.8. The standard InChI is InChI=1S/C28H28FN5O4/c1-37-18-24(31)23(28(36)33-16-22-21(13-30)10-11-25(38-2)27(22)29)15-32-14-19-6-8-20(9-7-19)17-34-12-4-3-5-26(34)35/h3-12,15,31-32H,14,16-18H2,1-2H3,(H,33,36)/b23-15+,31-24?. The monoisotopic (exact) mass is 517 g/mol. The molecule has 0 atom stereocenters. The van der Waals surface area contributed by atoms with E-state index in [1.165, 1.54) is 38.6 Å². The summed E-state index contributed by atoms with van der Waals surface area (Å²) in [5.74, 6) is -1.41. The fraction of sp³-hybridized carbons (Fsp3) is 0.214. The molecule has 38 heavy (non-hydrogen) atoms. The van der Waals surface area contributed by atoms with Crippen molar-refractivity contribution in [2.24, 2.45) is 0 Å². The average Bonchev–Trinajstić information content (AvgIpc) is 2.92. The van der Waals surface area contributed by atoms with Gasteiger partial charge in [0, 0.05) is 44.2 Å². The van der Waals surface area contributed by atoms with Crippen molar-refractivity contribution in [3.8, 4) is 11.8 Å². The number of methoxy groups -OCH3 is 2. The predicted molar refractivity (Wildman–Crippen MR) is 140 cm³/mol. The Morgan fingerprint density at radius 2 is 1.84 bits per heavy atom. The maximum Gasteiger partial charge on any atom is 0.254 e. The second-order valence-electron chi connectivity index (χ2n) is 8.24. The number of rotatable bonds is 12. The third kappa shape index (κ3) is 7.15. The van der Waals surface area contributed by atoms with E-state index >= 15 is 0 Å². The second-order valence-corrected chi connectivity index (χ2v) is 8.24. The molecule has 0 saturated heterocycles. The van der Waals surface area contributed by atoms with Gasteiger partial charge in [0.25, 0.3) is 11.5 Å². The van der Waals surface area contributed by atoms with Gasteiger partial charge in [-0.1, -0.05) is 30.3 Å². The maximum absolute atomic E-state index is 14.7. The number of nitrogens with zero attached hydrogens (tertiary/aromatic N) is 2. The molecule has 9 nitrogen and oxygen atoms in total. The molecular formula is C28H28FN5O4. The predicted octanol–water partition coefficient (Wildman–Crippen LogP) is 2.87. The molecule has 0 aliphatic carbocycles. The highest BCUT2D eigenvalue weighted by atomic mass is 19.1. The summed E-state index contributed by atoms with van der Waals surface area (Å²) in [6.45, 7) is 0.443. The summed E-state index contributed by atoms with van der Waals surface area (Å²) >= 11 is 0. The van der Waals surface area contributed by atoms with Crippen LogP contribution in [0.4, 0.5) is 4.39 Å². The molecule has 1 aromatic heterocycles. The highest BCUT2D eigenvalue weighted by Gasteiger charge is 2.18. The van der Waals surface area contributed by atoms with Crippen LogP contribution in [0.3, 0.4) is 0 Å². The Morgan fingerprint density at radius 3 is 2.50 bits per heavy atom. The first-order chi connectivity index (χ1) is 18.4. The topological polar surface area (TPSA) is 129 Å². The first-order valence-corrected chi connectivity index (χ1v) is 11.6. The van der Waals surface area contributed by atoms with Gasteiger partial charge in [-0.15, -0.1) is 0 Å². The van der Waals surface area contributed by atoms with Crippen LogP contribution in [0.2, 0.25) is 0 Å². The van der Waals surface area contributed by atoms with Crippen molar-refractivity contribution in [3.05, 3.63) is 111 Å². The minimum absolute atomic E-state index is 0.00809. The number of hydrogen-bond donors (Lipinski definition) is 3. The molecule has 1 amide bonds. The van der Waals surface area contributed by atoms with Crippen molar-refractivity contribution in [1.82, 2.24) is 15.2 Å². The molecule has 3 aromatic rings. The molecule has 3 N–H and O–H groups in total. The Balaban J connectivity index is 1.68. The van der Waals surface area contributed by atoms with Gasteiger partial charge in [0.2, 0.25) is 0 Å². The van der Waals surface area contributed by atoms with Crippen LogP contribution >= 0.6 is 0 Å². The number of pyridine rings is 1. The molecule has 2 aromatic carbocycles. The lowest BCUT2D eigenvalue weighted by Crippen LogP contribution is -2.31. The van der Waals surface area contributed by atoms with Crippen molar-refractivity contribution < 1.29 is 18.7 Å². The number of carbonyl (C=O) groups is 1. The SMILES string of the molecule is COCC(=N)/C(=C\NCc1ccc(Cn2ccccc2=O)cc1)C(=O)NCc1c(C#N)ccc(OC)c1F. The lowest BCUT2D eigenvalue weighted by molar-refractivity contribution is -0.117. The van der Waals surface area contributed by atoms with Crippen LogP contribution in [0, 0.1) is 22.6 Å². The van der Waals surface area contributed by atoms with Gasteiger partial charge in [-0.2, -0.15) is 5.26 Å². The molecule has 3 rings (SSSR count). The van der Waals surface area contributed by atoms with E-state index < -0.39 is 11.7 Å². The highest BCUT2D eigenvalue weighted by molar-refractivity contribution is 6.20. The Hall–Kier alpha value is -4.75. The Labute approximate surface area is 219 Å². The zero-order valence-corrected chi connectivity index (χ0v) is 21.1. The van der Waals surface area contributed by atoms with Gasteiger partial charge in [0.1, 0.15) is 0 Å². The van der Waals surface area contributed by atoms with Crippen LogP contribution in [0.15, 0.2) is 77.4 Å². The number of nitrogens with one attached hydrogen (secondary N) is 3. The van der Waals surface area contributed by atoms with Crippen LogP contribution in [-0.4, -0.2) is 37.0 Å². The number of ether oxygens (including phenoxy) is 2. The smallest absolute Gasteiger partial charge is 0.254 e. The molecule has 10 heteroatoms. The normalized spacial score (nSPS) is 10.9. The summed E-state index contributed by atoms with van der Waals surface area (Å²) in [6.07, 6.45) is 3.13. The van der Waals surface area contributed by atoms with Crippen molar-refractivity contribution in [2.75, 3.05) is 20.8 Å². The third-order valence-corrected chi connectivity index (χ3v) is 5.66. The highest BCUT2D eigenvalue weighted by Crippen LogP contribution is 2.23. The van der Waals surface area contributed by atoms with E-state index in [4.69, 9.17) is 14.9 Å². The van der Waals surface area contributed by atoms with Gasteiger partial charge in [-0.25, -0.2) is 4.39 Å². The summed E-state index contributed by atoms with van der Waals surface area (Å²) in [5, 5.41) is 23.1. The summed E-state index contributed by atoms with van der Waals surface area (Å²) in [4.78, 5) is 24.8. The molecule has 0 aliphatic rings. The lowest BCUT2D eigenvalue weighted by Gasteiger charge is -2.13. The molecule has 196 valence electrons. The van der Waals surface area contributed by atoms with E-state index in [-0.39, 0.29) is 46.9 Å². The average molecular weight is 518 g/mol. The van der Waals surface area contributed by atoms with Crippen LogP contribution in [0.5, 0.6) is 5.75 Å². The number of benzene rings is 2. The molecule has 1 heterocycles. The molecule has 0 saturated carbocycles. The third-order valence-electron chi connectivity index (χ3n) is 5.66. The zero-order valence-electron chi connectivity index (χ0n) is 21.1. The van der Waals surface area contributed by atoms with Gasteiger partial charge in [-0.3, -0.25) is 9.59 Å². The number of nitriles is 1. The van der Waals surface area contributed by atoms with E-state index in [1.807, 2.05) is 30.3 Å². The second kappa shape index (κ2) is 13.5. The van der Waals surface area contributed by atoms with Crippen molar-refractivity contribution >= 4 is 11.6 Å². The Morgan fingerprint density at radius 1 is 1.11 bits per heavy atom. The number of hydrogen-bond acceptors (Lipinski definition) is 7. The summed E-state index contributed by atoms with van der Waals surface area (Å²) in [5.41, 5.74) is 1.79. The number of halogens is 1. The maximum atomic E-state index is 14.7. The van der Waals surface area contributed by atoms with E-state index in [0.29, 0.717) is 13.1 Å². The van der Waals surface area contributed by atoms with Crippen molar-refractivity contribution in [3.63, 3.8) is 0 Å². The van der Waals surface area contributed by atoms with Gasteiger partial charge in [0.05, 0.1) is 43.2 Å². The number of aromatic nitrogens is 1. The van der Waals surface area contributed by atoms with Crippen LogP contribution < -0.4 is 20.9 Å². The number of carbonyl (C=O) groups excluding carboxylic acids is 1. The Bertz CT molecular complexity index is 1420. The molecule has 0 fully saturated rings. The lowest BCUT2D eigenvalue weighted by atomic mass is 10.1. The van der Waals surface area contributed by atoms with E-state index in [2.05, 4.69) is 10.6 Å². The van der Waals surface area contributed by atoms with Crippen LogP contribution in [-0.2, 0) is 29.2 Å². The Kier molecular flexibility index (Phi) is 9.91. The van der Waals surface area contributed by atoms with E-state index in [1.54, 1.807) is 22.9 Å². The summed E-state index contributed by atoms with van der Waals surface area (Å²) in [7, 11) is 2.72. The molecule has 0 spiro atoms. The molecule has 0 aliphatic heterocycles. The van der Waals surface area contributed by atoms with Gasteiger partial charge in [-0.05, 0) is 29.3 Å². The van der Waals surface area contributed by atoms with Crippen molar-refractivity contribution in [2.45, 2.75) is 19.6 Å². The minimum atomic E-state index is -0.733. The fourth-order valence-electron chi connectivity index (χ4n) is 3.63. The fourth-order valence-corrected chi connectivity index (χ4v) is 3.63. The summed E-state index contributed by atoms with van der Waals surface area (Å²) in [6, 6.07) is 17.3. The van der Waals surface area contributed by atoms with Gasteiger partial charge >= 0.3 is 0 Å². The zero-order chi connectivity index (χ0) is 27.5. The van der Waals surface area contributed by atoms with Gasteiger partial charge < -0.3 is 30.1 Å². The first-order valence-electron chi connectivity index (χ1n) is 11.6. The molecule has 0 bridgehead atoms. The summed E-state index contributed by atoms with van der Waals surface area (Å²) < 4.78 is 26.3. The van der Waals surface area contributed by atoms with Crippen LogP contribution in [0.25, 0.3) is 0 Å². The van der Waals surface area contributed by atoms with E-state index in [0.717, 1.165) is 11.1 Å². The number of amides is 1. The molecule has 0 radical (unpaired) electrons. The van der Waals surface area contributed by atoms with Gasteiger partial charge in [0.15, 0.2) is 11.6 Å². The van der Waals surface area contributed by atoms with Crippen LogP contribution in [0.1, 0.15) is 22.3 Å². The minimum Gasteiger partial charge on any atom is -0.494 e. The quantitative estimate of drug-likeness (QED) is 0.250. The van der Waals surface area contributed by atoms with E-state index in [9.17, 15) is 19.2 Å². The van der Waals surface area contributed by atoms with Crippen molar-refractivity contribution in [1.29, 1.82) is 10.7 Å².